The second kappa shape index (κ2) is 7.59. The van der Waals surface area contributed by atoms with E-state index in [9.17, 15) is 14.9 Å². The van der Waals surface area contributed by atoms with Crippen LogP contribution >= 0.6 is 0 Å². The lowest BCUT2D eigenvalue weighted by molar-refractivity contribution is -0.384. The Morgan fingerprint density at radius 1 is 1.25 bits per heavy atom. The topological polar surface area (TPSA) is 72.7 Å². The summed E-state index contributed by atoms with van der Waals surface area (Å²) in [6, 6.07) is 13.4. The van der Waals surface area contributed by atoms with Crippen molar-refractivity contribution in [3.63, 3.8) is 0 Å². The average Bonchev–Trinajstić information content (AvgIpc) is 2.60. The van der Waals surface area contributed by atoms with E-state index in [4.69, 9.17) is 4.74 Å². The van der Waals surface area contributed by atoms with Crippen LogP contribution in [0, 0.1) is 10.1 Å². The van der Waals surface area contributed by atoms with Crippen LogP contribution in [0.5, 0.6) is 5.75 Å². The fraction of sp³-hybridized carbons (Fsp3) is 0.278. The third-order valence-corrected chi connectivity index (χ3v) is 4.07. The van der Waals surface area contributed by atoms with Gasteiger partial charge in [-0.25, -0.2) is 0 Å². The Kier molecular flexibility index (Phi) is 5.52. The zero-order valence-corrected chi connectivity index (χ0v) is 13.9. The van der Waals surface area contributed by atoms with Gasteiger partial charge in [0.1, 0.15) is 5.75 Å². The van der Waals surface area contributed by atoms with E-state index in [1.165, 1.54) is 12.1 Å². The summed E-state index contributed by atoms with van der Waals surface area (Å²) < 4.78 is 5.27. The highest BCUT2D eigenvalue weighted by Gasteiger charge is 2.20. The number of carbonyl (C=O) groups is 1. The Labute approximate surface area is 140 Å². The van der Waals surface area contributed by atoms with Gasteiger partial charge in [-0.15, -0.1) is 0 Å². The van der Waals surface area contributed by atoms with Crippen LogP contribution in [-0.2, 0) is 11.2 Å². The Morgan fingerprint density at radius 2 is 1.96 bits per heavy atom. The van der Waals surface area contributed by atoms with Crippen molar-refractivity contribution in [2.45, 2.75) is 19.4 Å². The molecular formula is C18H20N2O4. The normalized spacial score (nSPS) is 11.6. The van der Waals surface area contributed by atoms with E-state index < -0.39 is 4.92 Å². The van der Waals surface area contributed by atoms with E-state index in [0.717, 1.165) is 11.1 Å². The molecule has 0 saturated heterocycles. The van der Waals surface area contributed by atoms with E-state index in [1.807, 2.05) is 31.2 Å². The largest absolute Gasteiger partial charge is 0.496 e. The first kappa shape index (κ1) is 17.5. The van der Waals surface area contributed by atoms with Crippen molar-refractivity contribution in [1.29, 1.82) is 0 Å². The number of likely N-dealkylation sites (N-methyl/N-ethyl adjacent to an activating group) is 1. The molecule has 0 bridgehead atoms. The minimum atomic E-state index is -0.438. The van der Waals surface area contributed by atoms with Crippen molar-refractivity contribution in [2.75, 3.05) is 14.2 Å². The number of ether oxygens (including phenoxy) is 1. The second-order valence-corrected chi connectivity index (χ2v) is 5.52. The third-order valence-electron chi connectivity index (χ3n) is 4.07. The molecule has 0 fully saturated rings. The highest BCUT2D eigenvalue weighted by atomic mass is 16.6. The minimum Gasteiger partial charge on any atom is -0.496 e. The average molecular weight is 328 g/mol. The first-order valence-corrected chi connectivity index (χ1v) is 7.56. The first-order chi connectivity index (χ1) is 11.4. The predicted octanol–water partition coefficient (Wildman–Crippen LogP) is 3.37. The van der Waals surface area contributed by atoms with E-state index in [1.54, 1.807) is 31.2 Å². The molecule has 2 rings (SSSR count). The summed E-state index contributed by atoms with van der Waals surface area (Å²) in [6.45, 7) is 1.85. The molecule has 0 aromatic heterocycles. The summed E-state index contributed by atoms with van der Waals surface area (Å²) in [5.41, 5.74) is 1.55. The summed E-state index contributed by atoms with van der Waals surface area (Å²) in [4.78, 5) is 24.6. The fourth-order valence-corrected chi connectivity index (χ4v) is 2.47. The molecule has 6 nitrogen and oxygen atoms in total. The quantitative estimate of drug-likeness (QED) is 0.602. The maximum Gasteiger partial charge on any atom is 0.269 e. The molecule has 0 unspecified atom stereocenters. The molecule has 0 N–H and O–H groups in total. The van der Waals surface area contributed by atoms with E-state index in [0.29, 0.717) is 5.75 Å². The Bertz CT molecular complexity index is 745. The Hall–Kier alpha value is -2.89. The zero-order chi connectivity index (χ0) is 17.7. The number of rotatable bonds is 6. The lowest BCUT2D eigenvalue weighted by atomic mass is 10.0. The van der Waals surface area contributed by atoms with Gasteiger partial charge in [-0.05, 0) is 18.6 Å². The van der Waals surface area contributed by atoms with Gasteiger partial charge in [0.2, 0.25) is 5.91 Å². The molecule has 2 aromatic rings. The fourth-order valence-electron chi connectivity index (χ4n) is 2.47. The van der Waals surface area contributed by atoms with Crippen molar-refractivity contribution in [3.05, 3.63) is 69.8 Å². The standard InChI is InChI=1S/C18H20N2O4/c1-13(14-8-6-9-16(11-14)20(22)23)19(2)18(21)12-15-7-4-5-10-17(15)24-3/h4-11,13H,12H2,1-3H3/t13-/m1/s1. The number of nitro benzene ring substituents is 1. The number of non-ortho nitro benzene ring substituents is 1. The molecule has 24 heavy (non-hydrogen) atoms. The molecule has 6 heteroatoms. The number of methoxy groups -OCH3 is 1. The van der Waals surface area contributed by atoms with Crippen LogP contribution in [0.2, 0.25) is 0 Å². The molecule has 0 radical (unpaired) electrons. The molecular weight excluding hydrogens is 308 g/mol. The molecule has 0 aliphatic rings. The maximum absolute atomic E-state index is 12.6. The number of amides is 1. The van der Waals surface area contributed by atoms with Crippen LogP contribution in [0.3, 0.4) is 0 Å². The SMILES string of the molecule is COc1ccccc1CC(=O)N(C)[C@H](C)c1cccc([N+](=O)[O-])c1. The molecule has 0 aliphatic carbocycles. The number of hydrogen-bond donors (Lipinski definition) is 0. The molecule has 0 saturated carbocycles. The van der Waals surface area contributed by atoms with Crippen molar-refractivity contribution < 1.29 is 14.5 Å². The van der Waals surface area contributed by atoms with Crippen LogP contribution in [0.4, 0.5) is 5.69 Å². The second-order valence-electron chi connectivity index (χ2n) is 5.52. The predicted molar refractivity (Wildman–Crippen MR) is 91.0 cm³/mol. The smallest absolute Gasteiger partial charge is 0.269 e. The molecule has 2 aromatic carbocycles. The van der Waals surface area contributed by atoms with Crippen LogP contribution < -0.4 is 4.74 Å². The molecule has 1 amide bonds. The number of nitro groups is 1. The third kappa shape index (κ3) is 3.90. The zero-order valence-electron chi connectivity index (χ0n) is 13.9. The van der Waals surface area contributed by atoms with Gasteiger partial charge in [0.05, 0.1) is 24.5 Å². The highest BCUT2D eigenvalue weighted by Crippen LogP contribution is 2.25. The first-order valence-electron chi connectivity index (χ1n) is 7.56. The van der Waals surface area contributed by atoms with Crippen molar-refractivity contribution in [1.82, 2.24) is 4.90 Å². The van der Waals surface area contributed by atoms with E-state index in [-0.39, 0.29) is 24.1 Å². The number of benzene rings is 2. The van der Waals surface area contributed by atoms with Gasteiger partial charge in [0.25, 0.3) is 5.69 Å². The van der Waals surface area contributed by atoms with Crippen molar-refractivity contribution in [2.24, 2.45) is 0 Å². The minimum absolute atomic E-state index is 0.0185. The van der Waals surface area contributed by atoms with Crippen LogP contribution in [0.25, 0.3) is 0 Å². The van der Waals surface area contributed by atoms with Crippen molar-refractivity contribution >= 4 is 11.6 Å². The van der Waals surface area contributed by atoms with Crippen LogP contribution in [0.1, 0.15) is 24.1 Å². The van der Waals surface area contributed by atoms with Gasteiger partial charge in [0.15, 0.2) is 0 Å². The number of hydrogen-bond acceptors (Lipinski definition) is 4. The lowest BCUT2D eigenvalue weighted by Gasteiger charge is -2.25. The molecule has 1 atom stereocenters. The van der Waals surface area contributed by atoms with E-state index >= 15 is 0 Å². The Morgan fingerprint density at radius 3 is 2.62 bits per heavy atom. The van der Waals surface area contributed by atoms with Gasteiger partial charge >= 0.3 is 0 Å². The van der Waals surface area contributed by atoms with Crippen LogP contribution in [0.15, 0.2) is 48.5 Å². The van der Waals surface area contributed by atoms with Gasteiger partial charge in [0, 0.05) is 24.7 Å². The van der Waals surface area contributed by atoms with Gasteiger partial charge in [-0.1, -0.05) is 30.3 Å². The molecule has 0 heterocycles. The summed E-state index contributed by atoms with van der Waals surface area (Å²) in [5, 5.41) is 10.9. The summed E-state index contributed by atoms with van der Waals surface area (Å²) in [7, 11) is 3.26. The maximum atomic E-state index is 12.6. The molecule has 0 spiro atoms. The van der Waals surface area contributed by atoms with Gasteiger partial charge in [-0.3, -0.25) is 14.9 Å². The molecule has 0 aliphatic heterocycles. The molecule has 126 valence electrons. The summed E-state index contributed by atoms with van der Waals surface area (Å²) in [6.07, 6.45) is 0.208. The van der Waals surface area contributed by atoms with Gasteiger partial charge < -0.3 is 9.64 Å². The number of carbonyl (C=O) groups excluding carboxylic acids is 1. The number of nitrogens with zero attached hydrogens (tertiary/aromatic N) is 2. The van der Waals surface area contributed by atoms with E-state index in [2.05, 4.69) is 0 Å². The van der Waals surface area contributed by atoms with Gasteiger partial charge in [-0.2, -0.15) is 0 Å². The summed E-state index contributed by atoms with van der Waals surface area (Å²) >= 11 is 0. The van der Waals surface area contributed by atoms with Crippen molar-refractivity contribution in [3.8, 4) is 5.75 Å². The number of para-hydroxylation sites is 1. The van der Waals surface area contributed by atoms with Crippen LogP contribution in [-0.4, -0.2) is 29.9 Å². The highest BCUT2D eigenvalue weighted by molar-refractivity contribution is 5.79. The Balaban J connectivity index is 2.15. The monoisotopic (exact) mass is 328 g/mol. The lowest BCUT2D eigenvalue weighted by Crippen LogP contribution is -2.31. The summed E-state index contributed by atoms with van der Waals surface area (Å²) in [5.74, 6) is 0.584.